The van der Waals surface area contributed by atoms with Crippen LogP contribution in [0.4, 0.5) is 17.3 Å². The van der Waals surface area contributed by atoms with E-state index in [0.717, 1.165) is 17.5 Å². The van der Waals surface area contributed by atoms with Crippen molar-refractivity contribution in [1.29, 1.82) is 0 Å². The first-order chi connectivity index (χ1) is 17.9. The molecule has 188 valence electrons. The molecular weight excluding hydrogens is 464 g/mol. The van der Waals surface area contributed by atoms with Crippen LogP contribution >= 0.6 is 0 Å². The number of hydrogen-bond donors (Lipinski definition) is 0. The minimum absolute atomic E-state index is 0.00859. The number of nitrogens with zero attached hydrogens (tertiary/aromatic N) is 4. The van der Waals surface area contributed by atoms with Crippen LogP contribution in [-0.2, 0) is 4.79 Å². The first-order valence-electron chi connectivity index (χ1n) is 12.9. The number of amides is 2. The Morgan fingerprint density at radius 1 is 0.973 bits per heavy atom. The van der Waals surface area contributed by atoms with Gasteiger partial charge in [-0.3, -0.25) is 19.3 Å². The van der Waals surface area contributed by atoms with Crippen molar-refractivity contribution in [3.63, 3.8) is 0 Å². The van der Waals surface area contributed by atoms with E-state index >= 15 is 0 Å². The van der Waals surface area contributed by atoms with Gasteiger partial charge in [-0.05, 0) is 42.5 Å². The van der Waals surface area contributed by atoms with Crippen molar-refractivity contribution in [2.45, 2.75) is 44.7 Å². The summed E-state index contributed by atoms with van der Waals surface area (Å²) in [5, 5.41) is 0. The fourth-order valence-electron chi connectivity index (χ4n) is 5.56. The van der Waals surface area contributed by atoms with Gasteiger partial charge < -0.3 is 9.80 Å². The van der Waals surface area contributed by atoms with Gasteiger partial charge in [0.2, 0.25) is 5.91 Å². The molecule has 3 aliphatic rings. The van der Waals surface area contributed by atoms with Crippen molar-refractivity contribution in [3.05, 3.63) is 82.9 Å². The molecule has 1 unspecified atom stereocenters. The van der Waals surface area contributed by atoms with Crippen LogP contribution in [0.1, 0.15) is 70.5 Å². The molecule has 3 aromatic rings. The molecule has 1 aliphatic carbocycles. The summed E-state index contributed by atoms with van der Waals surface area (Å²) in [6, 6.07) is 18.3. The Labute approximate surface area is 216 Å². The number of aromatic nitrogens is 1. The lowest BCUT2D eigenvalue weighted by Crippen LogP contribution is -2.49. The lowest BCUT2D eigenvalue weighted by atomic mass is 9.92. The van der Waals surface area contributed by atoms with Gasteiger partial charge in [0.05, 0.1) is 17.3 Å². The zero-order valence-corrected chi connectivity index (χ0v) is 21.3. The highest BCUT2D eigenvalue weighted by Gasteiger charge is 2.43. The molecule has 2 atom stereocenters. The number of Topliss-reactive ketones (excluding diaryl/α,β-unsaturated/α-hetero) is 1. The summed E-state index contributed by atoms with van der Waals surface area (Å²) in [7, 11) is 3.59. The van der Waals surface area contributed by atoms with Gasteiger partial charge >= 0.3 is 0 Å². The Morgan fingerprint density at radius 3 is 2.46 bits per heavy atom. The molecule has 7 heteroatoms. The molecule has 0 saturated heterocycles. The van der Waals surface area contributed by atoms with E-state index in [1.54, 1.807) is 29.0 Å². The van der Waals surface area contributed by atoms with E-state index < -0.39 is 6.04 Å². The monoisotopic (exact) mass is 494 g/mol. The van der Waals surface area contributed by atoms with Crippen molar-refractivity contribution in [2.24, 2.45) is 5.92 Å². The molecule has 0 radical (unpaired) electrons. The van der Waals surface area contributed by atoms with Crippen molar-refractivity contribution in [2.75, 3.05) is 28.8 Å². The molecule has 0 spiro atoms. The Bertz CT molecular complexity index is 1420. The molecular formula is C30H30N4O3. The molecule has 7 nitrogen and oxygen atoms in total. The van der Waals surface area contributed by atoms with E-state index in [4.69, 9.17) is 4.98 Å². The maximum atomic E-state index is 14.1. The smallest absolute Gasteiger partial charge is 0.261 e. The number of likely N-dealkylation sites (N-methyl/N-ethyl adjacent to an activating group) is 2. The number of fused-ring (bicyclic) bond motifs is 2. The van der Waals surface area contributed by atoms with Gasteiger partial charge in [0, 0.05) is 26.1 Å². The maximum Gasteiger partial charge on any atom is 0.261 e. The molecule has 37 heavy (non-hydrogen) atoms. The van der Waals surface area contributed by atoms with Crippen molar-refractivity contribution < 1.29 is 14.4 Å². The molecule has 3 heterocycles. The summed E-state index contributed by atoms with van der Waals surface area (Å²) in [5.74, 6) is 1.58. The van der Waals surface area contributed by atoms with Crippen LogP contribution in [0.3, 0.4) is 0 Å². The summed E-state index contributed by atoms with van der Waals surface area (Å²) < 4.78 is 0. The van der Waals surface area contributed by atoms with Crippen LogP contribution in [0, 0.1) is 5.92 Å². The highest BCUT2D eigenvalue weighted by molar-refractivity contribution is 6.18. The molecule has 2 aliphatic heterocycles. The number of hydrogen-bond acceptors (Lipinski definition) is 5. The molecule has 2 amide bonds. The highest BCUT2D eigenvalue weighted by Crippen LogP contribution is 2.44. The molecule has 1 saturated carbocycles. The van der Waals surface area contributed by atoms with E-state index in [9.17, 15) is 14.4 Å². The summed E-state index contributed by atoms with van der Waals surface area (Å²) in [6.07, 6.45) is 3.73. The number of pyridine rings is 1. The van der Waals surface area contributed by atoms with Crippen molar-refractivity contribution >= 4 is 34.9 Å². The third kappa shape index (κ3) is 3.80. The van der Waals surface area contributed by atoms with Gasteiger partial charge in [0.15, 0.2) is 11.6 Å². The third-order valence-electron chi connectivity index (χ3n) is 8.03. The van der Waals surface area contributed by atoms with Crippen LogP contribution in [-0.4, -0.2) is 42.7 Å². The van der Waals surface area contributed by atoms with Crippen molar-refractivity contribution in [1.82, 2.24) is 4.98 Å². The van der Waals surface area contributed by atoms with E-state index in [0.29, 0.717) is 40.8 Å². The van der Waals surface area contributed by atoms with Crippen LogP contribution in [0.5, 0.6) is 0 Å². The molecule has 1 fully saturated rings. The fraction of sp³-hybridized carbons (Fsp3) is 0.333. The summed E-state index contributed by atoms with van der Waals surface area (Å²) >= 11 is 0. The lowest BCUT2D eigenvalue weighted by Gasteiger charge is -2.37. The Kier molecular flexibility index (Phi) is 5.59. The lowest BCUT2D eigenvalue weighted by molar-refractivity contribution is -0.119. The van der Waals surface area contributed by atoms with E-state index in [2.05, 4.69) is 0 Å². The van der Waals surface area contributed by atoms with Gasteiger partial charge in [-0.2, -0.15) is 0 Å². The molecule has 1 aromatic heterocycles. The zero-order chi connectivity index (χ0) is 25.8. The number of carbonyl (C=O) groups is 3. The van der Waals surface area contributed by atoms with Gasteiger partial charge in [-0.1, -0.05) is 61.4 Å². The minimum Gasteiger partial charge on any atom is -0.346 e. The number of benzene rings is 2. The second-order valence-corrected chi connectivity index (χ2v) is 10.4. The number of rotatable bonds is 6. The standard InChI is InChI=1S/C30H30N4O3/c1-18-29(36)33(3)23-15-17-25(31-28(23)32(18)2)34-27(20-8-5-4-6-9-20)22-11-7-10-21(26(22)30(34)37)24(35)16-14-19-12-13-19/h4-11,15,17-19,27H,12-14,16H2,1-3H3/t18-,27?/m1/s1. The first-order valence-corrected chi connectivity index (χ1v) is 12.9. The number of carbonyl (C=O) groups excluding carboxylic acids is 3. The quantitative estimate of drug-likeness (QED) is 0.451. The minimum atomic E-state index is -0.406. The predicted octanol–water partition coefficient (Wildman–Crippen LogP) is 5.01. The predicted molar refractivity (Wildman–Crippen MR) is 143 cm³/mol. The maximum absolute atomic E-state index is 14.1. The summed E-state index contributed by atoms with van der Waals surface area (Å²) in [4.78, 5) is 50.1. The second kappa shape index (κ2) is 8.83. The fourth-order valence-corrected chi connectivity index (χ4v) is 5.56. The summed E-state index contributed by atoms with van der Waals surface area (Å²) in [5.41, 5.74) is 3.45. The molecule has 6 rings (SSSR count). The van der Waals surface area contributed by atoms with Crippen LogP contribution in [0.25, 0.3) is 0 Å². The Morgan fingerprint density at radius 2 is 1.73 bits per heavy atom. The first kappa shape index (κ1) is 23.4. The average Bonchev–Trinajstić information content (AvgIpc) is 3.71. The Hall–Kier alpha value is -4.00. The third-order valence-corrected chi connectivity index (χ3v) is 8.03. The van der Waals surface area contributed by atoms with Crippen LogP contribution in [0.15, 0.2) is 60.7 Å². The van der Waals surface area contributed by atoms with E-state index in [1.807, 2.05) is 67.4 Å². The van der Waals surface area contributed by atoms with E-state index in [1.165, 1.54) is 12.8 Å². The Balaban J connectivity index is 1.47. The van der Waals surface area contributed by atoms with Gasteiger partial charge in [-0.15, -0.1) is 0 Å². The largest absolute Gasteiger partial charge is 0.346 e. The molecule has 0 bridgehead atoms. The van der Waals surface area contributed by atoms with Gasteiger partial charge in [0.1, 0.15) is 11.9 Å². The SMILES string of the molecule is C[C@@H]1C(=O)N(C)c2ccc(N3C(=O)c4c(C(=O)CCC5CC5)cccc4C3c3ccccc3)nc2N1C. The zero-order valence-electron chi connectivity index (χ0n) is 21.3. The number of anilines is 3. The summed E-state index contributed by atoms with van der Waals surface area (Å²) in [6.45, 7) is 1.85. The van der Waals surface area contributed by atoms with Crippen molar-refractivity contribution in [3.8, 4) is 0 Å². The number of ketones is 1. The highest BCUT2D eigenvalue weighted by atomic mass is 16.2. The van der Waals surface area contributed by atoms with E-state index in [-0.39, 0.29) is 23.6 Å². The van der Waals surface area contributed by atoms with Crippen LogP contribution in [0.2, 0.25) is 0 Å². The average molecular weight is 495 g/mol. The molecule has 0 N–H and O–H groups in total. The van der Waals surface area contributed by atoms with Gasteiger partial charge in [0.25, 0.3) is 5.91 Å². The molecule has 2 aromatic carbocycles. The van der Waals surface area contributed by atoms with Crippen LogP contribution < -0.4 is 14.7 Å². The van der Waals surface area contributed by atoms with Gasteiger partial charge in [-0.25, -0.2) is 4.98 Å². The normalized spacial score (nSPS) is 20.8. The second-order valence-electron chi connectivity index (χ2n) is 10.4. The topological polar surface area (TPSA) is 73.8 Å².